The Kier molecular flexibility index (Phi) is 7.54. The fourth-order valence-electron chi connectivity index (χ4n) is 3.12. The molecular weight excluding hydrogens is 288 g/mol. The molecule has 0 saturated carbocycles. The van der Waals surface area contributed by atoms with E-state index in [4.69, 9.17) is 10.00 Å². The van der Waals surface area contributed by atoms with Crippen LogP contribution in [0.2, 0.25) is 0 Å². The SMILES string of the molecule is N#CCCCC1CCCC(O)(CCNCCc2ccccc2)O1. The molecule has 0 spiro atoms. The van der Waals surface area contributed by atoms with E-state index < -0.39 is 5.79 Å². The monoisotopic (exact) mass is 316 g/mol. The number of hydrogen-bond acceptors (Lipinski definition) is 4. The highest BCUT2D eigenvalue weighted by Crippen LogP contribution is 2.31. The number of benzene rings is 1. The Labute approximate surface area is 139 Å². The minimum atomic E-state index is -0.991. The lowest BCUT2D eigenvalue weighted by atomic mass is 9.96. The van der Waals surface area contributed by atoms with Gasteiger partial charge in [-0.05, 0) is 44.2 Å². The number of hydrogen-bond donors (Lipinski definition) is 2. The van der Waals surface area contributed by atoms with E-state index in [1.54, 1.807) is 0 Å². The van der Waals surface area contributed by atoms with Crippen LogP contribution in [0.25, 0.3) is 0 Å². The smallest absolute Gasteiger partial charge is 0.166 e. The molecule has 126 valence electrons. The lowest BCUT2D eigenvalue weighted by molar-refractivity contribution is -0.257. The van der Waals surface area contributed by atoms with Crippen molar-refractivity contribution in [1.29, 1.82) is 5.26 Å². The number of unbranched alkanes of at least 4 members (excludes halogenated alkanes) is 1. The molecular formula is C19H28N2O2. The first-order valence-corrected chi connectivity index (χ1v) is 8.74. The zero-order chi connectivity index (χ0) is 16.4. The lowest BCUT2D eigenvalue weighted by Gasteiger charge is -2.37. The van der Waals surface area contributed by atoms with Crippen molar-refractivity contribution < 1.29 is 9.84 Å². The Morgan fingerprint density at radius 1 is 1.30 bits per heavy atom. The molecule has 0 aliphatic carbocycles. The Hall–Kier alpha value is -1.41. The second-order valence-electron chi connectivity index (χ2n) is 6.36. The fraction of sp³-hybridized carbons (Fsp3) is 0.632. The summed E-state index contributed by atoms with van der Waals surface area (Å²) < 4.78 is 5.89. The lowest BCUT2D eigenvalue weighted by Crippen LogP contribution is -2.42. The highest BCUT2D eigenvalue weighted by Gasteiger charge is 2.34. The van der Waals surface area contributed by atoms with Gasteiger partial charge in [0.15, 0.2) is 5.79 Å². The van der Waals surface area contributed by atoms with Crippen molar-refractivity contribution in [2.45, 2.75) is 63.3 Å². The van der Waals surface area contributed by atoms with Gasteiger partial charge in [-0.3, -0.25) is 0 Å². The maximum Gasteiger partial charge on any atom is 0.166 e. The summed E-state index contributed by atoms with van der Waals surface area (Å²) in [5.41, 5.74) is 1.32. The molecule has 1 saturated heterocycles. The highest BCUT2D eigenvalue weighted by molar-refractivity contribution is 5.14. The predicted molar refractivity (Wildman–Crippen MR) is 90.8 cm³/mol. The van der Waals surface area contributed by atoms with Gasteiger partial charge < -0.3 is 15.2 Å². The summed E-state index contributed by atoms with van der Waals surface area (Å²) in [6, 6.07) is 12.6. The standard InChI is InChI=1S/C19H28N2O2/c20-14-5-4-9-18-10-6-12-19(22,23-18)13-16-21-15-11-17-7-2-1-3-8-17/h1-3,7-8,18,21-22H,4-6,9-13,15-16H2. The van der Waals surface area contributed by atoms with Gasteiger partial charge in [0.05, 0.1) is 12.2 Å². The van der Waals surface area contributed by atoms with Crippen LogP contribution in [0.1, 0.15) is 50.5 Å². The average Bonchev–Trinajstić information content (AvgIpc) is 2.56. The number of aliphatic hydroxyl groups is 1. The zero-order valence-corrected chi connectivity index (χ0v) is 13.8. The molecule has 1 aliphatic rings. The van der Waals surface area contributed by atoms with Crippen molar-refractivity contribution in [3.8, 4) is 6.07 Å². The van der Waals surface area contributed by atoms with Crippen LogP contribution < -0.4 is 5.32 Å². The zero-order valence-electron chi connectivity index (χ0n) is 13.8. The van der Waals surface area contributed by atoms with Gasteiger partial charge in [-0.25, -0.2) is 0 Å². The molecule has 4 heteroatoms. The van der Waals surface area contributed by atoms with E-state index in [2.05, 4.69) is 35.7 Å². The Bertz CT molecular complexity index is 486. The fourth-order valence-corrected chi connectivity index (χ4v) is 3.12. The van der Waals surface area contributed by atoms with Gasteiger partial charge in [-0.1, -0.05) is 30.3 Å². The Balaban J connectivity index is 1.62. The van der Waals surface area contributed by atoms with E-state index in [-0.39, 0.29) is 6.10 Å². The highest BCUT2D eigenvalue weighted by atomic mass is 16.6. The topological polar surface area (TPSA) is 65.3 Å². The molecule has 0 amide bonds. The van der Waals surface area contributed by atoms with Gasteiger partial charge in [0.1, 0.15) is 0 Å². The van der Waals surface area contributed by atoms with Gasteiger partial charge in [-0.15, -0.1) is 0 Å². The molecule has 23 heavy (non-hydrogen) atoms. The average molecular weight is 316 g/mol. The largest absolute Gasteiger partial charge is 0.365 e. The molecule has 1 aromatic rings. The second-order valence-corrected chi connectivity index (χ2v) is 6.36. The molecule has 2 unspecified atom stereocenters. The maximum atomic E-state index is 10.6. The Morgan fingerprint density at radius 2 is 2.13 bits per heavy atom. The number of ether oxygens (including phenoxy) is 1. The van der Waals surface area contributed by atoms with Crippen molar-refractivity contribution >= 4 is 0 Å². The minimum Gasteiger partial charge on any atom is -0.365 e. The molecule has 0 aromatic heterocycles. The van der Waals surface area contributed by atoms with Crippen LogP contribution in [0.15, 0.2) is 30.3 Å². The number of nitrogens with one attached hydrogen (secondary N) is 1. The van der Waals surface area contributed by atoms with E-state index in [0.717, 1.165) is 45.2 Å². The minimum absolute atomic E-state index is 0.103. The van der Waals surface area contributed by atoms with Gasteiger partial charge in [0, 0.05) is 25.8 Å². The number of rotatable bonds is 9. The summed E-state index contributed by atoms with van der Waals surface area (Å²) in [4.78, 5) is 0. The van der Waals surface area contributed by atoms with Crippen molar-refractivity contribution in [1.82, 2.24) is 5.32 Å². The molecule has 2 N–H and O–H groups in total. The normalized spacial score (nSPS) is 24.3. The molecule has 1 heterocycles. The summed E-state index contributed by atoms with van der Waals surface area (Å²) in [7, 11) is 0. The van der Waals surface area contributed by atoms with Crippen LogP contribution in [0, 0.1) is 11.3 Å². The molecule has 0 radical (unpaired) electrons. The molecule has 2 rings (SSSR count). The summed E-state index contributed by atoms with van der Waals surface area (Å²) in [5, 5.41) is 22.6. The van der Waals surface area contributed by atoms with E-state index in [1.807, 2.05) is 6.07 Å². The van der Waals surface area contributed by atoms with Gasteiger partial charge in [-0.2, -0.15) is 5.26 Å². The third-order valence-electron chi connectivity index (χ3n) is 4.42. The molecule has 1 aromatic carbocycles. The molecule has 2 atom stereocenters. The van der Waals surface area contributed by atoms with Crippen LogP contribution >= 0.6 is 0 Å². The summed E-state index contributed by atoms with van der Waals surface area (Å²) in [6.07, 6.45) is 6.72. The van der Waals surface area contributed by atoms with Crippen LogP contribution in [-0.2, 0) is 11.2 Å². The number of nitrogens with zero attached hydrogens (tertiary/aromatic N) is 1. The van der Waals surface area contributed by atoms with Crippen LogP contribution in [0.5, 0.6) is 0 Å². The molecule has 0 bridgehead atoms. The van der Waals surface area contributed by atoms with Crippen LogP contribution in [0.4, 0.5) is 0 Å². The van der Waals surface area contributed by atoms with Crippen LogP contribution in [0.3, 0.4) is 0 Å². The number of nitriles is 1. The Morgan fingerprint density at radius 3 is 2.91 bits per heavy atom. The van der Waals surface area contributed by atoms with Crippen molar-refractivity contribution in [2.24, 2.45) is 0 Å². The second kappa shape index (κ2) is 9.67. The summed E-state index contributed by atoms with van der Waals surface area (Å²) >= 11 is 0. The first kappa shape index (κ1) is 17.9. The van der Waals surface area contributed by atoms with E-state index in [9.17, 15) is 5.11 Å². The third-order valence-corrected chi connectivity index (χ3v) is 4.42. The van der Waals surface area contributed by atoms with Gasteiger partial charge in [0.2, 0.25) is 0 Å². The predicted octanol–water partition coefficient (Wildman–Crippen LogP) is 3.16. The maximum absolute atomic E-state index is 10.6. The van der Waals surface area contributed by atoms with E-state index in [0.29, 0.717) is 19.3 Å². The summed E-state index contributed by atoms with van der Waals surface area (Å²) in [5.74, 6) is -0.991. The first-order valence-electron chi connectivity index (χ1n) is 8.74. The van der Waals surface area contributed by atoms with E-state index >= 15 is 0 Å². The molecule has 4 nitrogen and oxygen atoms in total. The molecule has 1 fully saturated rings. The van der Waals surface area contributed by atoms with Gasteiger partial charge >= 0.3 is 0 Å². The van der Waals surface area contributed by atoms with Crippen molar-refractivity contribution in [3.63, 3.8) is 0 Å². The molecule has 1 aliphatic heterocycles. The van der Waals surface area contributed by atoms with Crippen molar-refractivity contribution in [3.05, 3.63) is 35.9 Å². The summed E-state index contributed by atoms with van der Waals surface area (Å²) in [6.45, 7) is 1.67. The first-order chi connectivity index (χ1) is 11.2. The van der Waals surface area contributed by atoms with Gasteiger partial charge in [0.25, 0.3) is 0 Å². The van der Waals surface area contributed by atoms with E-state index in [1.165, 1.54) is 5.56 Å². The van der Waals surface area contributed by atoms with Crippen molar-refractivity contribution in [2.75, 3.05) is 13.1 Å². The quantitative estimate of drug-likeness (QED) is 0.687. The van der Waals surface area contributed by atoms with Crippen LogP contribution in [-0.4, -0.2) is 30.1 Å². The third kappa shape index (κ3) is 6.70.